The Morgan fingerprint density at radius 3 is 2.90 bits per heavy atom. The van der Waals surface area contributed by atoms with Crippen molar-refractivity contribution in [2.24, 2.45) is 5.41 Å². The van der Waals surface area contributed by atoms with Gasteiger partial charge in [0.25, 0.3) is 0 Å². The van der Waals surface area contributed by atoms with Crippen LogP contribution in [0.5, 0.6) is 0 Å². The summed E-state index contributed by atoms with van der Waals surface area (Å²) in [5, 5.41) is 8.88. The Labute approximate surface area is 135 Å². The topological polar surface area (TPSA) is 51.0 Å². The number of nitrogens with one attached hydrogen (secondary N) is 1. The minimum absolute atomic E-state index is 0.181. The summed E-state index contributed by atoms with van der Waals surface area (Å²) in [4.78, 5) is 4.78. The van der Waals surface area contributed by atoms with E-state index in [4.69, 9.17) is 9.51 Å². The summed E-state index contributed by atoms with van der Waals surface area (Å²) in [6.07, 6.45) is 3.59. The maximum absolute atomic E-state index is 5.64. The Morgan fingerprint density at radius 1 is 1.33 bits per heavy atom. The lowest BCUT2D eigenvalue weighted by Crippen LogP contribution is -2.39. The minimum atomic E-state index is 0.181. The highest BCUT2D eigenvalue weighted by molar-refractivity contribution is 8.06. The maximum atomic E-state index is 5.64. The maximum Gasteiger partial charge on any atom is 0.244 e. The van der Waals surface area contributed by atoms with Crippen LogP contribution < -0.4 is 5.32 Å². The molecule has 0 aliphatic carbocycles. The van der Waals surface area contributed by atoms with E-state index in [1.54, 1.807) is 0 Å². The third kappa shape index (κ3) is 3.27. The van der Waals surface area contributed by atoms with Crippen molar-refractivity contribution >= 4 is 23.5 Å². The molecule has 0 radical (unpaired) electrons. The van der Waals surface area contributed by atoms with Gasteiger partial charge in [0.1, 0.15) is 0 Å². The highest BCUT2D eigenvalue weighted by Gasteiger charge is 2.38. The summed E-state index contributed by atoms with van der Waals surface area (Å²) in [5.41, 5.74) is 0.181. The van der Waals surface area contributed by atoms with Crippen molar-refractivity contribution in [3.63, 3.8) is 0 Å². The van der Waals surface area contributed by atoms with Crippen LogP contribution in [-0.4, -0.2) is 33.4 Å². The average molecular weight is 328 g/mol. The molecule has 21 heavy (non-hydrogen) atoms. The summed E-state index contributed by atoms with van der Waals surface area (Å²) >= 11 is 4.04. The first kappa shape index (κ1) is 15.7. The van der Waals surface area contributed by atoms with Gasteiger partial charge >= 0.3 is 0 Å². The normalized spacial score (nSPS) is 33.0. The van der Waals surface area contributed by atoms with Gasteiger partial charge in [-0.1, -0.05) is 25.9 Å². The van der Waals surface area contributed by atoms with Gasteiger partial charge in [-0.25, -0.2) is 0 Å². The number of thioether (sulfide) groups is 2. The Kier molecular flexibility index (Phi) is 4.86. The first-order chi connectivity index (χ1) is 10.1. The Hall–Kier alpha value is -0.200. The van der Waals surface area contributed by atoms with Crippen molar-refractivity contribution in [2.45, 2.75) is 56.6 Å². The van der Waals surface area contributed by atoms with Crippen LogP contribution in [0, 0.1) is 5.41 Å². The second-order valence-corrected chi connectivity index (χ2v) is 9.18. The Morgan fingerprint density at radius 2 is 2.14 bits per heavy atom. The Balaban J connectivity index is 1.79. The molecule has 2 aliphatic heterocycles. The molecule has 0 spiro atoms. The molecular formula is C15H25N3OS2. The summed E-state index contributed by atoms with van der Waals surface area (Å²) in [6.45, 7) is 7.86. The van der Waals surface area contributed by atoms with Gasteiger partial charge in [0.15, 0.2) is 5.82 Å². The highest BCUT2D eigenvalue weighted by atomic mass is 32.2. The standard InChI is InChI=1S/C15H25N3OS2/c1-4-10-11(21-9-8-20-10)13-17-14(19-18-13)12-15(2,3)6-5-7-16-12/h10-12,16H,4-9H2,1-3H3. The molecule has 1 aromatic rings. The van der Waals surface area contributed by atoms with Crippen molar-refractivity contribution < 1.29 is 4.52 Å². The summed E-state index contributed by atoms with van der Waals surface area (Å²) < 4.78 is 5.64. The number of hydrogen-bond donors (Lipinski definition) is 1. The third-order valence-electron chi connectivity index (χ3n) is 4.54. The Bertz CT molecular complexity index is 477. The summed E-state index contributed by atoms with van der Waals surface area (Å²) in [5.74, 6) is 4.10. The lowest BCUT2D eigenvalue weighted by Gasteiger charge is -2.36. The van der Waals surface area contributed by atoms with Crippen LogP contribution in [0.4, 0.5) is 0 Å². The molecule has 1 N–H and O–H groups in total. The minimum Gasteiger partial charge on any atom is -0.338 e. The molecule has 2 saturated heterocycles. The van der Waals surface area contributed by atoms with Gasteiger partial charge in [-0.15, -0.1) is 11.8 Å². The van der Waals surface area contributed by atoms with Crippen molar-refractivity contribution in [3.8, 4) is 0 Å². The van der Waals surface area contributed by atoms with Crippen LogP contribution in [0.15, 0.2) is 4.52 Å². The molecule has 118 valence electrons. The van der Waals surface area contributed by atoms with Crippen LogP contribution >= 0.6 is 23.5 Å². The number of hydrogen-bond acceptors (Lipinski definition) is 6. The van der Waals surface area contributed by atoms with E-state index >= 15 is 0 Å². The van der Waals surface area contributed by atoms with E-state index in [-0.39, 0.29) is 11.5 Å². The largest absolute Gasteiger partial charge is 0.338 e. The van der Waals surface area contributed by atoms with Gasteiger partial charge in [0.05, 0.1) is 11.3 Å². The fourth-order valence-electron chi connectivity index (χ4n) is 3.25. The molecule has 6 heteroatoms. The van der Waals surface area contributed by atoms with E-state index in [2.05, 4.69) is 43.0 Å². The number of rotatable bonds is 3. The van der Waals surface area contributed by atoms with Crippen molar-refractivity contribution in [1.82, 2.24) is 15.5 Å². The first-order valence-electron chi connectivity index (χ1n) is 7.92. The molecule has 0 aromatic carbocycles. The lowest BCUT2D eigenvalue weighted by molar-refractivity contribution is 0.146. The fourth-order valence-corrected chi connectivity index (χ4v) is 6.24. The number of aromatic nitrogens is 2. The number of nitrogens with zero attached hydrogens (tertiary/aromatic N) is 2. The predicted octanol–water partition coefficient (Wildman–Crippen LogP) is 3.82. The quantitative estimate of drug-likeness (QED) is 0.911. The predicted molar refractivity (Wildman–Crippen MR) is 89.8 cm³/mol. The van der Waals surface area contributed by atoms with Gasteiger partial charge in [-0.2, -0.15) is 16.7 Å². The molecule has 0 bridgehead atoms. The van der Waals surface area contributed by atoms with Crippen LogP contribution in [0.25, 0.3) is 0 Å². The van der Waals surface area contributed by atoms with Gasteiger partial charge in [-0.3, -0.25) is 0 Å². The van der Waals surface area contributed by atoms with Crippen LogP contribution in [0.2, 0.25) is 0 Å². The van der Waals surface area contributed by atoms with Crippen LogP contribution in [-0.2, 0) is 0 Å². The SMILES string of the molecule is CCC1SCCSC1c1noc(C2NCCCC2(C)C)n1. The summed E-state index contributed by atoms with van der Waals surface area (Å²) in [7, 11) is 0. The molecule has 3 atom stereocenters. The van der Waals surface area contributed by atoms with E-state index in [0.29, 0.717) is 10.5 Å². The zero-order valence-electron chi connectivity index (χ0n) is 13.1. The lowest BCUT2D eigenvalue weighted by atomic mass is 9.77. The van der Waals surface area contributed by atoms with Gasteiger partial charge in [0.2, 0.25) is 5.89 Å². The molecule has 0 saturated carbocycles. The third-order valence-corrected chi connectivity index (χ3v) is 7.78. The summed E-state index contributed by atoms with van der Waals surface area (Å²) in [6, 6.07) is 0.189. The van der Waals surface area contributed by atoms with Gasteiger partial charge in [0, 0.05) is 16.8 Å². The van der Waals surface area contributed by atoms with E-state index in [1.807, 2.05) is 11.8 Å². The van der Waals surface area contributed by atoms with Gasteiger partial charge < -0.3 is 9.84 Å². The second kappa shape index (κ2) is 6.50. The highest BCUT2D eigenvalue weighted by Crippen LogP contribution is 2.44. The second-order valence-electron chi connectivity index (χ2n) is 6.58. The zero-order chi connectivity index (χ0) is 14.9. The fraction of sp³-hybridized carbons (Fsp3) is 0.867. The van der Waals surface area contributed by atoms with Crippen molar-refractivity contribution in [2.75, 3.05) is 18.1 Å². The average Bonchev–Trinajstić information content (AvgIpc) is 2.96. The molecule has 2 fully saturated rings. The molecule has 3 heterocycles. The molecule has 3 unspecified atom stereocenters. The zero-order valence-corrected chi connectivity index (χ0v) is 14.7. The van der Waals surface area contributed by atoms with Crippen LogP contribution in [0.1, 0.15) is 63.0 Å². The van der Waals surface area contributed by atoms with Gasteiger partial charge in [-0.05, 0) is 31.2 Å². The monoisotopic (exact) mass is 327 g/mol. The smallest absolute Gasteiger partial charge is 0.244 e. The van der Waals surface area contributed by atoms with E-state index < -0.39 is 0 Å². The van der Waals surface area contributed by atoms with Crippen molar-refractivity contribution in [1.29, 1.82) is 0 Å². The van der Waals surface area contributed by atoms with E-state index in [0.717, 1.165) is 18.3 Å². The number of piperidine rings is 1. The van der Waals surface area contributed by atoms with Crippen LogP contribution in [0.3, 0.4) is 0 Å². The molecule has 3 rings (SSSR count). The molecule has 4 nitrogen and oxygen atoms in total. The first-order valence-corrected chi connectivity index (χ1v) is 10.0. The van der Waals surface area contributed by atoms with Crippen molar-refractivity contribution in [3.05, 3.63) is 11.7 Å². The van der Waals surface area contributed by atoms with E-state index in [1.165, 1.54) is 30.8 Å². The molecule has 0 amide bonds. The van der Waals surface area contributed by atoms with E-state index in [9.17, 15) is 0 Å². The molecule has 2 aliphatic rings. The molecular weight excluding hydrogens is 302 g/mol. The molecule has 1 aromatic heterocycles.